The van der Waals surface area contributed by atoms with Crippen LogP contribution in [0.3, 0.4) is 0 Å². The Labute approximate surface area is 155 Å². The lowest BCUT2D eigenvalue weighted by Crippen LogP contribution is -2.45. The van der Waals surface area contributed by atoms with Gasteiger partial charge in [-0.25, -0.2) is 0 Å². The van der Waals surface area contributed by atoms with Gasteiger partial charge in [0.25, 0.3) is 0 Å². The Hall–Kier alpha value is -1.07. The Morgan fingerprint density at radius 1 is 1.29 bits per heavy atom. The maximum atomic E-state index is 11.4. The van der Waals surface area contributed by atoms with Crippen molar-refractivity contribution >= 4 is 40.5 Å². The number of halogens is 2. The molecule has 2 atom stereocenters. The van der Waals surface area contributed by atoms with E-state index in [9.17, 15) is 9.90 Å². The van der Waals surface area contributed by atoms with E-state index in [1.807, 2.05) is 25.1 Å². The third-order valence-electron chi connectivity index (χ3n) is 4.66. The highest BCUT2D eigenvalue weighted by Crippen LogP contribution is 2.34. The number of likely N-dealkylation sites (tertiary alicyclic amines) is 1. The highest BCUT2D eigenvalue weighted by atomic mass is 35.5. The summed E-state index contributed by atoms with van der Waals surface area (Å²) in [5.41, 5.74) is 1.05. The van der Waals surface area contributed by atoms with Crippen LogP contribution in [-0.2, 0) is 11.3 Å². The van der Waals surface area contributed by atoms with Crippen LogP contribution < -0.4 is 0 Å². The Morgan fingerprint density at radius 3 is 2.79 bits per heavy atom. The molecule has 0 radical (unpaired) electrons. The fourth-order valence-corrected chi connectivity index (χ4v) is 4.56. The maximum Gasteiger partial charge on any atom is 0.308 e. The summed E-state index contributed by atoms with van der Waals surface area (Å²) in [5.74, 6) is -0.955. The van der Waals surface area contributed by atoms with E-state index in [4.69, 9.17) is 23.2 Å². The molecule has 0 spiro atoms. The van der Waals surface area contributed by atoms with E-state index in [0.717, 1.165) is 36.4 Å². The zero-order valence-electron chi connectivity index (χ0n) is 13.3. The monoisotopic (exact) mass is 383 g/mol. The van der Waals surface area contributed by atoms with Gasteiger partial charge < -0.3 is 5.11 Å². The molecule has 0 saturated carbocycles. The summed E-state index contributed by atoms with van der Waals surface area (Å²) < 4.78 is 0. The van der Waals surface area contributed by atoms with Crippen LogP contribution in [0.4, 0.5) is 0 Å². The number of hydrogen-bond acceptors (Lipinski definition) is 3. The summed E-state index contributed by atoms with van der Waals surface area (Å²) in [4.78, 5) is 16.0. The number of nitrogens with zero attached hydrogens (tertiary/aromatic N) is 1. The van der Waals surface area contributed by atoms with Crippen LogP contribution in [0.5, 0.6) is 0 Å². The Bertz CT molecular complexity index is 746. The molecule has 128 valence electrons. The molecule has 3 nitrogen and oxygen atoms in total. The molecule has 2 heterocycles. The summed E-state index contributed by atoms with van der Waals surface area (Å²) in [5, 5.41) is 10.5. The highest BCUT2D eigenvalue weighted by Gasteiger charge is 2.32. The van der Waals surface area contributed by atoms with Gasteiger partial charge in [-0.3, -0.25) is 9.69 Å². The first-order valence-electron chi connectivity index (χ1n) is 7.96. The fraction of sp³-hybridized carbons (Fsp3) is 0.389. The first-order valence-corrected chi connectivity index (χ1v) is 9.54. The molecule has 1 saturated heterocycles. The number of hydrogen-bond donors (Lipinski definition) is 1. The van der Waals surface area contributed by atoms with E-state index < -0.39 is 5.97 Å². The number of thiophene rings is 1. The van der Waals surface area contributed by atoms with E-state index >= 15 is 0 Å². The lowest BCUT2D eigenvalue weighted by Gasteiger charge is -2.37. The molecule has 6 heteroatoms. The smallest absolute Gasteiger partial charge is 0.308 e. The van der Waals surface area contributed by atoms with Crippen molar-refractivity contribution in [3.8, 4) is 10.4 Å². The number of carbonyl (C=O) groups is 1. The Morgan fingerprint density at radius 2 is 2.08 bits per heavy atom. The van der Waals surface area contributed by atoms with Crippen LogP contribution in [-0.4, -0.2) is 28.6 Å². The van der Waals surface area contributed by atoms with Gasteiger partial charge in [-0.05, 0) is 56.1 Å². The molecule has 0 aliphatic carbocycles. The van der Waals surface area contributed by atoms with E-state index in [1.54, 1.807) is 11.3 Å². The van der Waals surface area contributed by atoms with Crippen molar-refractivity contribution in [2.24, 2.45) is 5.92 Å². The van der Waals surface area contributed by atoms with Crippen LogP contribution in [0.1, 0.15) is 24.6 Å². The largest absolute Gasteiger partial charge is 0.481 e. The van der Waals surface area contributed by atoms with Gasteiger partial charge in [0.15, 0.2) is 0 Å². The first kappa shape index (κ1) is 17.7. The second-order valence-electron chi connectivity index (χ2n) is 6.19. The average Bonchev–Trinajstić information content (AvgIpc) is 3.00. The molecule has 1 N–H and O–H groups in total. The van der Waals surface area contributed by atoms with Gasteiger partial charge >= 0.3 is 5.97 Å². The van der Waals surface area contributed by atoms with Crippen LogP contribution in [0, 0.1) is 5.92 Å². The number of carboxylic acid groups (broad SMARTS) is 1. The minimum Gasteiger partial charge on any atom is -0.481 e. The van der Waals surface area contributed by atoms with E-state index in [2.05, 4.69) is 17.0 Å². The van der Waals surface area contributed by atoms with Crippen LogP contribution in [0.2, 0.25) is 10.0 Å². The molecule has 1 aliphatic rings. The van der Waals surface area contributed by atoms with Gasteiger partial charge in [0, 0.05) is 22.3 Å². The number of piperidine rings is 1. The van der Waals surface area contributed by atoms with Crippen molar-refractivity contribution in [3.05, 3.63) is 45.3 Å². The normalized spacial score (nSPS) is 21.8. The van der Waals surface area contributed by atoms with Crippen molar-refractivity contribution < 1.29 is 9.90 Å². The zero-order valence-corrected chi connectivity index (χ0v) is 15.7. The molecular weight excluding hydrogens is 365 g/mol. The topological polar surface area (TPSA) is 40.5 Å². The summed E-state index contributed by atoms with van der Waals surface area (Å²) in [7, 11) is 0. The van der Waals surface area contributed by atoms with Crippen LogP contribution >= 0.6 is 34.5 Å². The minimum atomic E-state index is -0.685. The van der Waals surface area contributed by atoms with Gasteiger partial charge in [-0.1, -0.05) is 29.3 Å². The van der Waals surface area contributed by atoms with E-state index in [1.165, 1.54) is 4.88 Å². The third kappa shape index (κ3) is 3.77. The predicted molar refractivity (Wildman–Crippen MR) is 100 cm³/mol. The van der Waals surface area contributed by atoms with Gasteiger partial charge in [-0.2, -0.15) is 0 Å². The lowest BCUT2D eigenvalue weighted by molar-refractivity contribution is -0.145. The number of carboxylic acids is 1. The molecule has 1 fully saturated rings. The molecule has 2 aromatic rings. The van der Waals surface area contributed by atoms with Gasteiger partial charge in [0.05, 0.1) is 16.0 Å². The van der Waals surface area contributed by atoms with Crippen molar-refractivity contribution in [1.29, 1.82) is 0 Å². The van der Waals surface area contributed by atoms with Gasteiger partial charge in [0.2, 0.25) is 0 Å². The number of benzene rings is 1. The van der Waals surface area contributed by atoms with E-state index in [0.29, 0.717) is 10.0 Å². The average molecular weight is 384 g/mol. The molecule has 1 aromatic heterocycles. The predicted octanol–water partition coefficient (Wildman–Crippen LogP) is 5.41. The molecule has 3 rings (SSSR count). The SMILES string of the molecule is C[C@@H]1[C@H](C(=O)O)CCCN1Cc1ccc(-c2ccc(Cl)c(Cl)c2)s1. The molecule has 0 amide bonds. The maximum absolute atomic E-state index is 11.4. The Kier molecular flexibility index (Phi) is 5.50. The van der Waals surface area contributed by atoms with Crippen molar-refractivity contribution in [2.75, 3.05) is 6.54 Å². The summed E-state index contributed by atoms with van der Waals surface area (Å²) in [6.45, 7) is 3.76. The third-order valence-corrected chi connectivity index (χ3v) is 6.52. The fourth-order valence-electron chi connectivity index (χ4n) is 3.23. The summed E-state index contributed by atoms with van der Waals surface area (Å²) in [6, 6.07) is 9.91. The zero-order chi connectivity index (χ0) is 17.3. The Balaban J connectivity index is 1.74. The van der Waals surface area contributed by atoms with Gasteiger partial charge in [0.1, 0.15) is 0 Å². The number of rotatable bonds is 4. The molecule has 0 bridgehead atoms. The van der Waals surface area contributed by atoms with Crippen molar-refractivity contribution in [3.63, 3.8) is 0 Å². The summed E-state index contributed by atoms with van der Waals surface area (Å²) in [6.07, 6.45) is 1.71. The number of aliphatic carboxylic acids is 1. The van der Waals surface area contributed by atoms with Gasteiger partial charge in [-0.15, -0.1) is 11.3 Å². The molecule has 1 aliphatic heterocycles. The van der Waals surface area contributed by atoms with Crippen LogP contribution in [0.15, 0.2) is 30.3 Å². The highest BCUT2D eigenvalue weighted by molar-refractivity contribution is 7.15. The van der Waals surface area contributed by atoms with E-state index in [-0.39, 0.29) is 12.0 Å². The standard InChI is InChI=1S/C18H19Cl2NO2S/c1-11-14(18(22)23)3-2-8-21(11)10-13-5-7-17(24-13)12-4-6-15(19)16(20)9-12/h4-7,9,11,14H,2-3,8,10H2,1H3,(H,22,23)/t11-,14-/m1/s1. The first-order chi connectivity index (χ1) is 11.5. The van der Waals surface area contributed by atoms with Crippen molar-refractivity contribution in [1.82, 2.24) is 4.90 Å². The summed E-state index contributed by atoms with van der Waals surface area (Å²) >= 11 is 13.8. The quantitative estimate of drug-likeness (QED) is 0.767. The minimum absolute atomic E-state index is 0.0618. The second-order valence-corrected chi connectivity index (χ2v) is 8.18. The van der Waals surface area contributed by atoms with Crippen molar-refractivity contribution in [2.45, 2.75) is 32.4 Å². The van der Waals surface area contributed by atoms with Crippen LogP contribution in [0.25, 0.3) is 10.4 Å². The molecular formula is C18H19Cl2NO2S. The molecule has 1 aromatic carbocycles. The second kappa shape index (κ2) is 7.44. The lowest BCUT2D eigenvalue weighted by atomic mass is 9.90. The molecule has 24 heavy (non-hydrogen) atoms. The molecule has 0 unspecified atom stereocenters.